The molecule has 0 fully saturated rings. The third-order valence-corrected chi connectivity index (χ3v) is 2.63. The molecule has 0 rings (SSSR count). The lowest BCUT2D eigenvalue weighted by Gasteiger charge is -2.09. The summed E-state index contributed by atoms with van der Waals surface area (Å²) in [5.41, 5.74) is 0. The average molecular weight is 195 g/mol. The van der Waals surface area contributed by atoms with Gasteiger partial charge in [0.1, 0.15) is 0 Å². The molecule has 0 saturated carbocycles. The molecular weight excluding hydrogens is 182 g/mol. The molecule has 0 spiro atoms. The molecule has 0 aliphatic carbocycles. The van der Waals surface area contributed by atoms with E-state index in [0.717, 1.165) is 0 Å². The van der Waals surface area contributed by atoms with Gasteiger partial charge in [0.05, 0.1) is 0 Å². The second-order valence-corrected chi connectivity index (χ2v) is 7.04. The minimum atomic E-state index is -2.17. The van der Waals surface area contributed by atoms with Crippen LogP contribution in [-0.2, 0) is 24.5 Å². The molecule has 0 radical (unpaired) electrons. The van der Waals surface area contributed by atoms with Crippen LogP contribution in [-0.4, -0.2) is 41.1 Å². The molecule has 3 nitrogen and oxygen atoms in total. The van der Waals surface area contributed by atoms with Crippen LogP contribution in [0.4, 0.5) is 0 Å². The molecule has 1 amide bonds. The number of hydrogen-bond donors (Lipinski definition) is 0. The lowest BCUT2D eigenvalue weighted by atomic mass is 10.4. The Morgan fingerprint density at radius 3 is 2.27 bits per heavy atom. The van der Waals surface area contributed by atoms with Crippen molar-refractivity contribution >= 4 is 25.6 Å². The van der Waals surface area contributed by atoms with E-state index in [9.17, 15) is 9.00 Å². The first-order valence-electron chi connectivity index (χ1n) is 3.21. The summed E-state index contributed by atoms with van der Waals surface area (Å²) in [6.45, 7) is 0. The maximum atomic E-state index is 11.0. The number of hydrogen-bond acceptors (Lipinski definition) is 3. The molecule has 0 heterocycles. The highest BCUT2D eigenvalue weighted by atomic mass is 32.8. The molecule has 11 heavy (non-hydrogen) atoms. The van der Waals surface area contributed by atoms with E-state index >= 15 is 0 Å². The van der Waals surface area contributed by atoms with E-state index in [2.05, 4.69) is 11.2 Å². The van der Waals surface area contributed by atoms with E-state index in [1.54, 1.807) is 14.1 Å². The minimum absolute atomic E-state index is 0.0237. The van der Waals surface area contributed by atoms with Gasteiger partial charge >= 0.3 is 0 Å². The molecular formula is C6H13NO2S2. The van der Waals surface area contributed by atoms with Gasteiger partial charge in [-0.15, -0.1) is 0 Å². The van der Waals surface area contributed by atoms with Crippen molar-refractivity contribution in [3.63, 3.8) is 0 Å². The molecule has 0 aromatic rings. The molecule has 1 atom stereocenters. The molecule has 5 heteroatoms. The van der Waals surface area contributed by atoms with Crippen LogP contribution in [0.2, 0.25) is 0 Å². The van der Waals surface area contributed by atoms with Crippen molar-refractivity contribution in [3.05, 3.63) is 0 Å². The number of nitrogens with zero attached hydrogens (tertiary/aromatic N) is 1. The number of amides is 1. The second-order valence-electron chi connectivity index (χ2n) is 2.67. The van der Waals surface area contributed by atoms with Gasteiger partial charge in [-0.25, -0.2) is 0 Å². The summed E-state index contributed by atoms with van der Waals surface area (Å²) in [4.78, 5) is 12.4. The zero-order chi connectivity index (χ0) is 9.07. The van der Waals surface area contributed by atoms with Gasteiger partial charge in [0.15, 0.2) is 0 Å². The fourth-order valence-electron chi connectivity index (χ4n) is 0.496. The standard InChI is InChI=1S/C6H13NO2S2/c1-7(2)6(8)4-5-11(3,9)10/h4-5H2,1-3H3. The van der Waals surface area contributed by atoms with Crippen LogP contribution < -0.4 is 0 Å². The minimum Gasteiger partial charge on any atom is -0.349 e. The van der Waals surface area contributed by atoms with E-state index in [-0.39, 0.29) is 12.3 Å². The normalized spacial score (nSPS) is 15.5. The van der Waals surface area contributed by atoms with Crippen molar-refractivity contribution in [3.8, 4) is 0 Å². The Labute approximate surface area is 72.4 Å². The first kappa shape index (κ1) is 10.8. The third kappa shape index (κ3) is 6.25. The maximum absolute atomic E-state index is 11.0. The van der Waals surface area contributed by atoms with Crippen LogP contribution in [0.1, 0.15) is 6.42 Å². The van der Waals surface area contributed by atoms with Crippen LogP contribution in [0.15, 0.2) is 0 Å². The molecule has 0 saturated heterocycles. The molecule has 0 aromatic heterocycles. The van der Waals surface area contributed by atoms with Gasteiger partial charge in [-0.3, -0.25) is 9.00 Å². The zero-order valence-electron chi connectivity index (χ0n) is 6.99. The molecule has 0 N–H and O–H groups in total. The summed E-state index contributed by atoms with van der Waals surface area (Å²) in [7, 11) is 1.17. The van der Waals surface area contributed by atoms with Gasteiger partial charge in [0.2, 0.25) is 5.91 Å². The predicted octanol–water partition coefficient (Wildman–Crippen LogP) is -0.159. The van der Waals surface area contributed by atoms with Crippen LogP contribution in [0.5, 0.6) is 0 Å². The Kier molecular flexibility index (Phi) is 3.96. The van der Waals surface area contributed by atoms with E-state index in [1.165, 1.54) is 11.2 Å². The zero-order valence-corrected chi connectivity index (χ0v) is 8.63. The van der Waals surface area contributed by atoms with Gasteiger partial charge in [-0.2, -0.15) is 0 Å². The summed E-state index contributed by atoms with van der Waals surface area (Å²) in [5.74, 6) is 0.281. The summed E-state index contributed by atoms with van der Waals surface area (Å²) in [5, 5.41) is 0. The fourth-order valence-corrected chi connectivity index (χ4v) is 1.29. The average Bonchev–Trinajstić information content (AvgIpc) is 1.80. The summed E-state index contributed by atoms with van der Waals surface area (Å²) < 4.78 is 11.0. The van der Waals surface area contributed by atoms with E-state index in [0.29, 0.717) is 5.75 Å². The van der Waals surface area contributed by atoms with Gasteiger partial charge in [0, 0.05) is 41.0 Å². The molecule has 0 aliphatic heterocycles. The molecule has 0 aliphatic rings. The van der Waals surface area contributed by atoms with Crippen LogP contribution in [0.25, 0.3) is 0 Å². The monoisotopic (exact) mass is 195 g/mol. The first-order chi connectivity index (χ1) is 4.83. The Hall–Kier alpha value is -0.160. The van der Waals surface area contributed by atoms with Gasteiger partial charge in [-0.1, -0.05) is 0 Å². The molecule has 1 unspecified atom stereocenters. The molecule has 0 bridgehead atoms. The lowest BCUT2D eigenvalue weighted by Crippen LogP contribution is -2.23. The smallest absolute Gasteiger partial charge is 0.222 e. The second kappa shape index (κ2) is 4.01. The topological polar surface area (TPSA) is 37.4 Å². The van der Waals surface area contributed by atoms with Crippen molar-refractivity contribution < 1.29 is 9.00 Å². The first-order valence-corrected chi connectivity index (χ1v) is 6.27. The fraction of sp³-hybridized carbons (Fsp3) is 0.833. The Morgan fingerprint density at radius 2 is 2.00 bits per heavy atom. The highest BCUT2D eigenvalue weighted by molar-refractivity contribution is 8.32. The Bertz CT molecular complexity index is 231. The number of carbonyl (C=O) groups excluding carboxylic acids is 1. The largest absolute Gasteiger partial charge is 0.349 e. The summed E-state index contributed by atoms with van der Waals surface area (Å²) in [6.07, 6.45) is 1.77. The van der Waals surface area contributed by atoms with Gasteiger partial charge in [0.25, 0.3) is 0 Å². The summed E-state index contributed by atoms with van der Waals surface area (Å²) in [6, 6.07) is 0. The SMILES string of the molecule is CN(C)C(=O)CCS(C)(=O)=S. The van der Waals surface area contributed by atoms with E-state index < -0.39 is 8.49 Å². The maximum Gasteiger partial charge on any atom is 0.222 e. The summed E-state index contributed by atoms with van der Waals surface area (Å²) >= 11 is 4.65. The van der Waals surface area contributed by atoms with Crippen LogP contribution >= 0.6 is 0 Å². The predicted molar refractivity (Wildman–Crippen MR) is 49.6 cm³/mol. The van der Waals surface area contributed by atoms with Crippen LogP contribution in [0.3, 0.4) is 0 Å². The number of carbonyl (C=O) groups is 1. The van der Waals surface area contributed by atoms with Crippen LogP contribution in [0, 0.1) is 0 Å². The Balaban J connectivity index is 3.83. The number of rotatable bonds is 3. The highest BCUT2D eigenvalue weighted by Crippen LogP contribution is 1.92. The lowest BCUT2D eigenvalue weighted by molar-refractivity contribution is -0.128. The molecule has 0 aromatic carbocycles. The highest BCUT2D eigenvalue weighted by Gasteiger charge is 2.06. The third-order valence-electron chi connectivity index (χ3n) is 1.19. The van der Waals surface area contributed by atoms with E-state index in [4.69, 9.17) is 0 Å². The molecule has 66 valence electrons. The van der Waals surface area contributed by atoms with Crippen molar-refractivity contribution in [1.82, 2.24) is 4.90 Å². The van der Waals surface area contributed by atoms with Gasteiger partial charge < -0.3 is 4.90 Å². The van der Waals surface area contributed by atoms with Gasteiger partial charge in [-0.05, 0) is 11.2 Å². The Morgan fingerprint density at radius 1 is 1.55 bits per heavy atom. The quantitative estimate of drug-likeness (QED) is 0.628. The van der Waals surface area contributed by atoms with Crippen molar-refractivity contribution in [2.45, 2.75) is 6.42 Å². The van der Waals surface area contributed by atoms with Crippen molar-refractivity contribution in [2.75, 3.05) is 26.1 Å². The van der Waals surface area contributed by atoms with Crippen molar-refractivity contribution in [1.29, 1.82) is 0 Å². The van der Waals surface area contributed by atoms with E-state index in [1.807, 2.05) is 0 Å². The van der Waals surface area contributed by atoms with Crippen molar-refractivity contribution in [2.24, 2.45) is 0 Å².